The molecule has 0 fully saturated rings. The smallest absolute Gasteiger partial charge is 0.408 e. The van der Waals surface area contributed by atoms with E-state index in [1.54, 1.807) is 20.8 Å². The fraction of sp³-hybridized carbons (Fsp3) is 0.423. The zero-order valence-electron chi connectivity index (χ0n) is 20.1. The molecule has 1 amide bonds. The molecule has 0 heterocycles. The summed E-state index contributed by atoms with van der Waals surface area (Å²) in [7, 11) is 1.31. The number of rotatable bonds is 11. The van der Waals surface area contributed by atoms with E-state index in [1.165, 1.54) is 7.11 Å². The van der Waals surface area contributed by atoms with Gasteiger partial charge in [0.2, 0.25) is 0 Å². The molecule has 0 bridgehead atoms. The highest BCUT2D eigenvalue weighted by Gasteiger charge is 2.28. The first kappa shape index (κ1) is 26.9. The first-order valence-electron chi connectivity index (χ1n) is 11.1. The van der Waals surface area contributed by atoms with Crippen molar-refractivity contribution in [2.75, 3.05) is 13.7 Å². The Morgan fingerprint density at radius 2 is 1.56 bits per heavy atom. The van der Waals surface area contributed by atoms with Gasteiger partial charge in [0.15, 0.2) is 0 Å². The molecule has 2 atom stereocenters. The zero-order valence-corrected chi connectivity index (χ0v) is 20.1. The van der Waals surface area contributed by atoms with Crippen LogP contribution in [0, 0.1) is 0 Å². The second-order valence-electron chi connectivity index (χ2n) is 8.63. The number of benzene rings is 2. The highest BCUT2D eigenvalue weighted by Crippen LogP contribution is 2.22. The Morgan fingerprint density at radius 1 is 0.941 bits per heavy atom. The van der Waals surface area contributed by atoms with E-state index in [2.05, 4.69) is 5.32 Å². The zero-order chi connectivity index (χ0) is 25.0. The summed E-state index contributed by atoms with van der Waals surface area (Å²) in [5.41, 5.74) is 0.892. The van der Waals surface area contributed by atoms with Gasteiger partial charge in [0.1, 0.15) is 18.2 Å². The van der Waals surface area contributed by atoms with Gasteiger partial charge in [0.05, 0.1) is 19.6 Å². The van der Waals surface area contributed by atoms with Crippen molar-refractivity contribution < 1.29 is 33.3 Å². The molecule has 2 aromatic rings. The third kappa shape index (κ3) is 10.0. The van der Waals surface area contributed by atoms with Crippen LogP contribution in [0.4, 0.5) is 4.79 Å². The molecule has 184 valence electrons. The van der Waals surface area contributed by atoms with Gasteiger partial charge in [-0.05, 0) is 31.9 Å². The van der Waals surface area contributed by atoms with Crippen LogP contribution in [0.2, 0.25) is 0 Å². The normalized spacial score (nSPS) is 12.8. The fourth-order valence-corrected chi connectivity index (χ4v) is 3.03. The summed E-state index contributed by atoms with van der Waals surface area (Å²) in [5.74, 6) is -1.02. The largest absolute Gasteiger partial charge is 0.469 e. The summed E-state index contributed by atoms with van der Waals surface area (Å²) in [6.07, 6.45) is -1.16. The topological polar surface area (TPSA) is 100 Å². The Labute approximate surface area is 200 Å². The molecule has 2 unspecified atom stereocenters. The highest BCUT2D eigenvalue weighted by molar-refractivity contribution is 5.81. The van der Waals surface area contributed by atoms with Crippen molar-refractivity contribution in [2.45, 2.75) is 58.0 Å². The molecular weight excluding hydrogens is 438 g/mol. The Kier molecular flexibility index (Phi) is 10.5. The van der Waals surface area contributed by atoms with Crippen molar-refractivity contribution >= 4 is 18.0 Å². The monoisotopic (exact) mass is 471 g/mol. The van der Waals surface area contributed by atoms with Crippen LogP contribution in [0.25, 0.3) is 0 Å². The van der Waals surface area contributed by atoms with E-state index >= 15 is 0 Å². The van der Waals surface area contributed by atoms with E-state index in [-0.39, 0.29) is 26.1 Å². The van der Waals surface area contributed by atoms with Crippen molar-refractivity contribution in [1.82, 2.24) is 5.32 Å². The summed E-state index contributed by atoms with van der Waals surface area (Å²) >= 11 is 0. The lowest BCUT2D eigenvalue weighted by molar-refractivity contribution is -0.158. The second-order valence-corrected chi connectivity index (χ2v) is 8.63. The number of nitrogens with one attached hydrogen (secondary N) is 1. The first-order valence-corrected chi connectivity index (χ1v) is 11.1. The molecule has 0 radical (unpaired) electrons. The van der Waals surface area contributed by atoms with Crippen molar-refractivity contribution in [3.05, 3.63) is 71.8 Å². The van der Waals surface area contributed by atoms with Crippen LogP contribution in [0.15, 0.2) is 60.7 Å². The van der Waals surface area contributed by atoms with Gasteiger partial charge in [-0.3, -0.25) is 4.79 Å². The lowest BCUT2D eigenvalue weighted by atomic mass is 10.1. The van der Waals surface area contributed by atoms with E-state index in [0.29, 0.717) is 0 Å². The lowest BCUT2D eigenvalue weighted by Gasteiger charge is -2.25. The van der Waals surface area contributed by atoms with Gasteiger partial charge in [-0.1, -0.05) is 60.7 Å². The number of hydrogen-bond acceptors (Lipinski definition) is 7. The Balaban J connectivity index is 2.01. The van der Waals surface area contributed by atoms with Gasteiger partial charge in [-0.15, -0.1) is 0 Å². The second kappa shape index (κ2) is 13.3. The molecule has 8 heteroatoms. The van der Waals surface area contributed by atoms with E-state index in [9.17, 15) is 14.4 Å². The minimum absolute atomic E-state index is 0.0180. The summed E-state index contributed by atoms with van der Waals surface area (Å²) in [6.45, 7) is 5.38. The minimum atomic E-state index is -0.989. The van der Waals surface area contributed by atoms with E-state index in [4.69, 9.17) is 18.9 Å². The molecule has 0 spiro atoms. The third-order valence-electron chi connectivity index (χ3n) is 4.67. The number of ether oxygens (including phenoxy) is 4. The molecule has 0 saturated carbocycles. The van der Waals surface area contributed by atoms with Gasteiger partial charge in [0, 0.05) is 13.0 Å². The number of esters is 2. The molecule has 0 aliphatic carbocycles. The van der Waals surface area contributed by atoms with Gasteiger partial charge in [0.25, 0.3) is 0 Å². The van der Waals surface area contributed by atoms with Crippen molar-refractivity contribution in [3.8, 4) is 0 Å². The highest BCUT2D eigenvalue weighted by atomic mass is 16.6. The van der Waals surface area contributed by atoms with Gasteiger partial charge in [-0.25, -0.2) is 9.59 Å². The SMILES string of the molecule is COC(=O)CC(OCCC(NC(=O)OCc1ccccc1)C(=O)OC(C)(C)C)c1ccccc1. The van der Waals surface area contributed by atoms with Crippen LogP contribution in [0.3, 0.4) is 0 Å². The Bertz CT molecular complexity index is 910. The number of hydrogen-bond donors (Lipinski definition) is 1. The third-order valence-corrected chi connectivity index (χ3v) is 4.67. The predicted octanol–water partition coefficient (Wildman–Crippen LogP) is 4.33. The number of carbonyl (C=O) groups is 3. The molecular formula is C26H33NO7. The Hall–Kier alpha value is -3.39. The molecule has 8 nitrogen and oxygen atoms in total. The standard InChI is InChI=1S/C26H33NO7/c1-26(2,3)34-24(29)21(27-25(30)33-18-19-11-7-5-8-12-19)15-16-32-22(17-23(28)31-4)20-13-9-6-10-14-20/h5-14,21-22H,15-18H2,1-4H3,(H,27,30). The average molecular weight is 472 g/mol. The van der Waals surface area contributed by atoms with Crippen molar-refractivity contribution in [3.63, 3.8) is 0 Å². The quantitative estimate of drug-likeness (QED) is 0.384. The summed E-state index contributed by atoms with van der Waals surface area (Å²) in [4.78, 5) is 36.9. The van der Waals surface area contributed by atoms with Crippen molar-refractivity contribution in [1.29, 1.82) is 0 Å². The molecule has 0 aromatic heterocycles. The van der Waals surface area contributed by atoms with Crippen LogP contribution < -0.4 is 5.32 Å². The summed E-state index contributed by atoms with van der Waals surface area (Å²) < 4.78 is 21.4. The summed E-state index contributed by atoms with van der Waals surface area (Å²) in [5, 5.41) is 2.57. The first-order chi connectivity index (χ1) is 16.2. The van der Waals surface area contributed by atoms with Crippen LogP contribution in [-0.2, 0) is 35.1 Å². The number of amides is 1. The fourth-order valence-electron chi connectivity index (χ4n) is 3.03. The number of methoxy groups -OCH3 is 1. The maximum atomic E-state index is 12.7. The van der Waals surface area contributed by atoms with E-state index in [1.807, 2.05) is 60.7 Å². The van der Waals surface area contributed by atoms with E-state index < -0.39 is 35.8 Å². The molecule has 0 aliphatic heterocycles. The molecule has 0 aliphatic rings. The van der Waals surface area contributed by atoms with Crippen molar-refractivity contribution in [2.24, 2.45) is 0 Å². The maximum absolute atomic E-state index is 12.7. The maximum Gasteiger partial charge on any atom is 0.408 e. The van der Waals surface area contributed by atoms with Crippen LogP contribution in [0.1, 0.15) is 50.8 Å². The molecule has 0 saturated heterocycles. The minimum Gasteiger partial charge on any atom is -0.469 e. The summed E-state index contributed by atoms with van der Waals surface area (Å²) in [6, 6.07) is 17.5. The number of alkyl carbamates (subject to hydrolysis) is 1. The van der Waals surface area contributed by atoms with Gasteiger partial charge < -0.3 is 24.3 Å². The van der Waals surface area contributed by atoms with Crippen LogP contribution in [0.5, 0.6) is 0 Å². The van der Waals surface area contributed by atoms with E-state index in [0.717, 1.165) is 11.1 Å². The van der Waals surface area contributed by atoms with Gasteiger partial charge in [-0.2, -0.15) is 0 Å². The van der Waals surface area contributed by atoms with Crippen LogP contribution >= 0.6 is 0 Å². The van der Waals surface area contributed by atoms with Gasteiger partial charge >= 0.3 is 18.0 Å². The average Bonchev–Trinajstić information content (AvgIpc) is 2.81. The number of carbonyl (C=O) groups excluding carboxylic acids is 3. The lowest BCUT2D eigenvalue weighted by Crippen LogP contribution is -2.45. The van der Waals surface area contributed by atoms with Crippen LogP contribution in [-0.4, -0.2) is 43.4 Å². The molecule has 2 rings (SSSR count). The molecule has 1 N–H and O–H groups in total. The Morgan fingerprint density at radius 3 is 2.15 bits per heavy atom. The molecule has 2 aromatic carbocycles. The molecule has 34 heavy (non-hydrogen) atoms. The predicted molar refractivity (Wildman–Crippen MR) is 126 cm³/mol.